The van der Waals surface area contributed by atoms with Crippen LogP contribution in [0.2, 0.25) is 0 Å². The number of para-hydroxylation sites is 1. The molecule has 2 fully saturated rings. The van der Waals surface area contributed by atoms with E-state index in [0.717, 1.165) is 38.8 Å². The van der Waals surface area contributed by atoms with E-state index in [1.165, 1.54) is 22.7 Å². The summed E-state index contributed by atoms with van der Waals surface area (Å²) in [5.41, 5.74) is 1.04. The van der Waals surface area contributed by atoms with E-state index < -0.39 is 10.2 Å². The monoisotopic (exact) mass is 436 g/mol. The maximum atomic E-state index is 13.0. The molecule has 1 N–H and O–H groups in total. The number of nitrogens with zero attached hydrogens (tertiary/aromatic N) is 3. The molecule has 2 amide bonds. The van der Waals surface area contributed by atoms with Crippen LogP contribution in [0.15, 0.2) is 24.3 Å². The Morgan fingerprint density at radius 2 is 1.57 bits per heavy atom. The van der Waals surface area contributed by atoms with Crippen LogP contribution in [0.1, 0.15) is 48.9 Å². The lowest BCUT2D eigenvalue weighted by Gasteiger charge is -2.32. The van der Waals surface area contributed by atoms with Gasteiger partial charge in [0.2, 0.25) is 5.91 Å². The number of likely N-dealkylation sites (tertiary alicyclic amines) is 1. The van der Waals surface area contributed by atoms with E-state index in [9.17, 15) is 18.0 Å². The van der Waals surface area contributed by atoms with E-state index in [1.54, 1.807) is 18.2 Å². The summed E-state index contributed by atoms with van der Waals surface area (Å²) in [7, 11) is -0.444. The van der Waals surface area contributed by atoms with Crippen LogP contribution in [0.4, 0.5) is 5.69 Å². The van der Waals surface area contributed by atoms with Crippen molar-refractivity contribution >= 4 is 27.7 Å². The molecule has 0 saturated carbocycles. The average Bonchev–Trinajstić information content (AvgIpc) is 3.03. The standard InChI is InChI=1S/C21H32N4O4S/c1-23(2)30(28,29)25-15-11-17(12-16-25)20(26)22-19-10-6-5-9-18(19)21(27)24-13-7-3-4-8-14-24/h5-6,9-10,17H,3-4,7-8,11-16H2,1-2H3,(H,22,26). The Balaban J connectivity index is 1.64. The Morgan fingerprint density at radius 1 is 0.967 bits per heavy atom. The fourth-order valence-corrected chi connectivity index (χ4v) is 5.17. The molecule has 0 atom stereocenters. The summed E-state index contributed by atoms with van der Waals surface area (Å²) in [6.45, 7) is 2.12. The summed E-state index contributed by atoms with van der Waals surface area (Å²) in [6.07, 6.45) is 5.22. The van der Waals surface area contributed by atoms with Gasteiger partial charge in [0.15, 0.2) is 0 Å². The molecule has 2 saturated heterocycles. The fraction of sp³-hybridized carbons (Fsp3) is 0.619. The van der Waals surface area contributed by atoms with Gasteiger partial charge in [0.25, 0.3) is 16.1 Å². The Morgan fingerprint density at radius 3 is 2.17 bits per heavy atom. The molecule has 0 spiro atoms. The highest BCUT2D eigenvalue weighted by atomic mass is 32.2. The van der Waals surface area contributed by atoms with Crippen LogP contribution in [-0.4, -0.2) is 74.0 Å². The zero-order chi connectivity index (χ0) is 21.7. The van der Waals surface area contributed by atoms with Crippen molar-refractivity contribution in [3.8, 4) is 0 Å². The largest absolute Gasteiger partial charge is 0.339 e. The fourth-order valence-electron chi connectivity index (χ4n) is 4.04. The van der Waals surface area contributed by atoms with Crippen molar-refractivity contribution in [2.24, 2.45) is 5.92 Å². The molecular formula is C21H32N4O4S. The molecule has 3 rings (SSSR count). The van der Waals surface area contributed by atoms with Gasteiger partial charge in [-0.15, -0.1) is 0 Å². The first-order chi connectivity index (χ1) is 14.3. The molecule has 8 nitrogen and oxygen atoms in total. The number of benzene rings is 1. The molecule has 0 aliphatic carbocycles. The normalized spacial score (nSPS) is 19.5. The summed E-state index contributed by atoms with van der Waals surface area (Å²) in [5.74, 6) is -0.479. The summed E-state index contributed by atoms with van der Waals surface area (Å²) >= 11 is 0. The quantitative estimate of drug-likeness (QED) is 0.766. The molecule has 1 aromatic rings. The summed E-state index contributed by atoms with van der Waals surface area (Å²) in [6, 6.07) is 7.13. The topological polar surface area (TPSA) is 90.0 Å². The first kappa shape index (κ1) is 22.7. The molecule has 2 aliphatic rings. The number of carbonyl (C=O) groups excluding carboxylic acids is 2. The lowest BCUT2D eigenvalue weighted by Crippen LogP contribution is -2.46. The maximum Gasteiger partial charge on any atom is 0.281 e. The number of hydrogen-bond acceptors (Lipinski definition) is 4. The number of anilines is 1. The summed E-state index contributed by atoms with van der Waals surface area (Å²) in [4.78, 5) is 27.8. The predicted molar refractivity (Wildman–Crippen MR) is 116 cm³/mol. The lowest BCUT2D eigenvalue weighted by molar-refractivity contribution is -0.120. The van der Waals surface area contributed by atoms with Gasteiger partial charge in [-0.05, 0) is 37.8 Å². The van der Waals surface area contributed by atoms with Crippen molar-refractivity contribution in [2.45, 2.75) is 38.5 Å². The molecule has 0 aromatic heterocycles. The highest BCUT2D eigenvalue weighted by molar-refractivity contribution is 7.86. The lowest BCUT2D eigenvalue weighted by atomic mass is 9.97. The third-order valence-corrected chi connectivity index (χ3v) is 7.86. The van der Waals surface area contributed by atoms with Gasteiger partial charge in [-0.3, -0.25) is 9.59 Å². The maximum absolute atomic E-state index is 13.0. The van der Waals surface area contributed by atoms with Crippen LogP contribution in [-0.2, 0) is 15.0 Å². The van der Waals surface area contributed by atoms with Gasteiger partial charge in [-0.2, -0.15) is 17.0 Å². The van der Waals surface area contributed by atoms with Crippen LogP contribution in [0.25, 0.3) is 0 Å². The number of amides is 2. The van der Waals surface area contributed by atoms with Gasteiger partial charge in [0, 0.05) is 46.2 Å². The SMILES string of the molecule is CN(C)S(=O)(=O)N1CCC(C(=O)Nc2ccccc2C(=O)N2CCCCCC2)CC1. The van der Waals surface area contributed by atoms with E-state index in [1.807, 2.05) is 11.0 Å². The smallest absolute Gasteiger partial charge is 0.281 e. The molecule has 0 bridgehead atoms. The van der Waals surface area contributed by atoms with E-state index in [4.69, 9.17) is 0 Å². The van der Waals surface area contributed by atoms with Crippen molar-refractivity contribution in [1.82, 2.24) is 13.5 Å². The van der Waals surface area contributed by atoms with Crippen molar-refractivity contribution in [2.75, 3.05) is 45.6 Å². The van der Waals surface area contributed by atoms with Crippen molar-refractivity contribution < 1.29 is 18.0 Å². The average molecular weight is 437 g/mol. The number of hydrogen-bond donors (Lipinski definition) is 1. The molecular weight excluding hydrogens is 404 g/mol. The van der Waals surface area contributed by atoms with Crippen molar-refractivity contribution in [3.63, 3.8) is 0 Å². The zero-order valence-electron chi connectivity index (χ0n) is 17.8. The summed E-state index contributed by atoms with van der Waals surface area (Å²) in [5, 5.41) is 2.93. The first-order valence-electron chi connectivity index (χ1n) is 10.7. The molecule has 0 radical (unpaired) electrons. The molecule has 30 heavy (non-hydrogen) atoms. The highest BCUT2D eigenvalue weighted by Crippen LogP contribution is 2.24. The van der Waals surface area contributed by atoms with Crippen LogP contribution in [0.5, 0.6) is 0 Å². The van der Waals surface area contributed by atoms with E-state index in [0.29, 0.717) is 37.2 Å². The minimum Gasteiger partial charge on any atom is -0.339 e. The Bertz CT molecular complexity index is 856. The van der Waals surface area contributed by atoms with Gasteiger partial charge in [-0.25, -0.2) is 0 Å². The first-order valence-corrected chi connectivity index (χ1v) is 12.1. The molecule has 9 heteroatoms. The van der Waals surface area contributed by atoms with Gasteiger partial charge in [0.05, 0.1) is 11.3 Å². The van der Waals surface area contributed by atoms with Crippen LogP contribution < -0.4 is 5.32 Å². The summed E-state index contributed by atoms with van der Waals surface area (Å²) < 4.78 is 27.1. The molecule has 1 aromatic carbocycles. The van der Waals surface area contributed by atoms with E-state index in [-0.39, 0.29) is 17.7 Å². The Hall–Kier alpha value is -1.97. The van der Waals surface area contributed by atoms with Gasteiger partial charge < -0.3 is 10.2 Å². The van der Waals surface area contributed by atoms with Crippen LogP contribution in [0.3, 0.4) is 0 Å². The van der Waals surface area contributed by atoms with E-state index in [2.05, 4.69) is 5.32 Å². The number of piperidine rings is 1. The van der Waals surface area contributed by atoms with E-state index >= 15 is 0 Å². The number of nitrogens with one attached hydrogen (secondary N) is 1. The van der Waals surface area contributed by atoms with Crippen molar-refractivity contribution in [3.05, 3.63) is 29.8 Å². The molecule has 2 aliphatic heterocycles. The van der Waals surface area contributed by atoms with Gasteiger partial charge in [0.1, 0.15) is 0 Å². The second-order valence-corrected chi connectivity index (χ2v) is 10.3. The third kappa shape index (κ3) is 5.19. The number of rotatable bonds is 5. The number of carbonyl (C=O) groups is 2. The molecule has 166 valence electrons. The van der Waals surface area contributed by atoms with Crippen LogP contribution in [0, 0.1) is 5.92 Å². The minimum absolute atomic E-state index is 0.0419. The van der Waals surface area contributed by atoms with Gasteiger partial charge in [-0.1, -0.05) is 25.0 Å². The predicted octanol–water partition coefficient (Wildman–Crippen LogP) is 2.16. The second-order valence-electron chi connectivity index (χ2n) is 8.20. The Kier molecular flexibility index (Phi) is 7.49. The highest BCUT2D eigenvalue weighted by Gasteiger charge is 2.32. The Labute approximate surface area is 179 Å². The zero-order valence-corrected chi connectivity index (χ0v) is 18.7. The molecule has 2 heterocycles. The van der Waals surface area contributed by atoms with Crippen molar-refractivity contribution in [1.29, 1.82) is 0 Å². The second kappa shape index (κ2) is 9.89. The van der Waals surface area contributed by atoms with Crippen LogP contribution >= 0.6 is 0 Å². The minimum atomic E-state index is -3.46. The molecule has 0 unspecified atom stereocenters. The third-order valence-electron chi connectivity index (χ3n) is 5.92. The van der Waals surface area contributed by atoms with Gasteiger partial charge >= 0.3 is 0 Å².